The predicted molar refractivity (Wildman–Crippen MR) is 86.1 cm³/mol. The minimum atomic E-state index is -1.17. The fraction of sp³-hybridized carbons (Fsp3) is 0.333. The molecule has 0 aliphatic heterocycles. The molecule has 1 amide bonds. The molecule has 2 aromatic rings. The first-order valence-corrected chi connectivity index (χ1v) is 7.45. The van der Waals surface area contributed by atoms with Crippen LogP contribution in [0.1, 0.15) is 42.8 Å². The molecule has 2 atom stereocenters. The number of hydrogen-bond donors (Lipinski definition) is 2. The molecule has 0 spiro atoms. The molecular weight excluding hydrogens is 276 g/mol. The molecule has 2 N–H and O–H groups in total. The van der Waals surface area contributed by atoms with Gasteiger partial charge in [-0.1, -0.05) is 50.2 Å². The van der Waals surface area contributed by atoms with Crippen LogP contribution in [0.4, 0.5) is 0 Å². The summed E-state index contributed by atoms with van der Waals surface area (Å²) in [5, 5.41) is 13.1. The number of aryl methyl sites for hydroxylation is 1. The zero-order valence-corrected chi connectivity index (χ0v) is 13.2. The topological polar surface area (TPSA) is 62.2 Å². The van der Waals surface area contributed by atoms with Gasteiger partial charge in [-0.3, -0.25) is 9.78 Å². The minimum absolute atomic E-state index is 0.167. The SMILES string of the molecule is Cc1cccnc1C(NC(=O)C(O)c1ccccc1)C(C)C. The number of amides is 1. The van der Waals surface area contributed by atoms with Crippen LogP contribution in [-0.2, 0) is 4.79 Å². The number of rotatable bonds is 5. The smallest absolute Gasteiger partial charge is 0.254 e. The van der Waals surface area contributed by atoms with E-state index >= 15 is 0 Å². The normalized spacial score (nSPS) is 13.7. The van der Waals surface area contributed by atoms with Gasteiger partial charge in [-0.25, -0.2) is 0 Å². The van der Waals surface area contributed by atoms with E-state index in [4.69, 9.17) is 0 Å². The third-order valence-corrected chi connectivity index (χ3v) is 3.67. The second-order valence-corrected chi connectivity index (χ2v) is 5.75. The van der Waals surface area contributed by atoms with Crippen molar-refractivity contribution in [2.45, 2.75) is 32.9 Å². The molecule has 0 radical (unpaired) electrons. The summed E-state index contributed by atoms with van der Waals surface area (Å²) in [6.07, 6.45) is 0.545. The Morgan fingerprint density at radius 2 is 1.82 bits per heavy atom. The third kappa shape index (κ3) is 3.71. The molecule has 0 fully saturated rings. The van der Waals surface area contributed by atoms with E-state index in [-0.39, 0.29) is 12.0 Å². The van der Waals surface area contributed by atoms with Crippen molar-refractivity contribution in [1.82, 2.24) is 10.3 Å². The Balaban J connectivity index is 2.18. The molecular formula is C18H22N2O2. The summed E-state index contributed by atoms with van der Waals surface area (Å²) >= 11 is 0. The van der Waals surface area contributed by atoms with Gasteiger partial charge in [0.2, 0.25) is 0 Å². The van der Waals surface area contributed by atoms with E-state index in [0.717, 1.165) is 11.3 Å². The predicted octanol–water partition coefficient (Wildman–Crippen LogP) is 2.94. The first kappa shape index (κ1) is 16.2. The molecule has 0 aliphatic carbocycles. The standard InChI is InChI=1S/C18H22N2O2/c1-12(2)15(16-13(3)8-7-11-19-16)20-18(22)17(21)14-9-5-4-6-10-14/h4-12,15,17,21H,1-3H3,(H,20,22). The van der Waals surface area contributed by atoms with E-state index in [9.17, 15) is 9.90 Å². The number of nitrogens with one attached hydrogen (secondary N) is 1. The van der Waals surface area contributed by atoms with Gasteiger partial charge < -0.3 is 10.4 Å². The molecule has 1 aromatic heterocycles. The van der Waals surface area contributed by atoms with Gasteiger partial charge in [-0.15, -0.1) is 0 Å². The van der Waals surface area contributed by atoms with E-state index in [0.29, 0.717) is 5.56 Å². The molecule has 1 heterocycles. The summed E-state index contributed by atoms with van der Waals surface area (Å²) in [7, 11) is 0. The van der Waals surface area contributed by atoms with Gasteiger partial charge in [0.05, 0.1) is 11.7 Å². The van der Waals surface area contributed by atoms with Gasteiger partial charge >= 0.3 is 0 Å². The highest BCUT2D eigenvalue weighted by Gasteiger charge is 2.25. The average molecular weight is 298 g/mol. The van der Waals surface area contributed by atoms with E-state index in [1.807, 2.05) is 39.0 Å². The molecule has 0 aliphatic rings. The van der Waals surface area contributed by atoms with Crippen LogP contribution in [0, 0.1) is 12.8 Å². The minimum Gasteiger partial charge on any atom is -0.378 e. The zero-order chi connectivity index (χ0) is 16.1. The molecule has 0 bridgehead atoms. The Bertz CT molecular complexity index is 626. The Morgan fingerprint density at radius 3 is 2.41 bits per heavy atom. The largest absolute Gasteiger partial charge is 0.378 e. The quantitative estimate of drug-likeness (QED) is 0.892. The van der Waals surface area contributed by atoms with Gasteiger partial charge in [-0.2, -0.15) is 0 Å². The maximum Gasteiger partial charge on any atom is 0.254 e. The fourth-order valence-corrected chi connectivity index (χ4v) is 2.39. The lowest BCUT2D eigenvalue weighted by atomic mass is 9.96. The molecule has 2 rings (SSSR count). The van der Waals surface area contributed by atoms with Gasteiger partial charge in [0, 0.05) is 6.20 Å². The van der Waals surface area contributed by atoms with Crippen LogP contribution in [0.2, 0.25) is 0 Å². The van der Waals surface area contributed by atoms with Crippen LogP contribution >= 0.6 is 0 Å². The van der Waals surface area contributed by atoms with Crippen molar-refractivity contribution in [1.29, 1.82) is 0 Å². The first-order chi connectivity index (χ1) is 10.5. The van der Waals surface area contributed by atoms with Crippen LogP contribution in [0.25, 0.3) is 0 Å². The summed E-state index contributed by atoms with van der Waals surface area (Å²) in [6, 6.07) is 12.5. The third-order valence-electron chi connectivity index (χ3n) is 3.67. The first-order valence-electron chi connectivity index (χ1n) is 7.45. The second-order valence-electron chi connectivity index (χ2n) is 5.75. The lowest BCUT2D eigenvalue weighted by Gasteiger charge is -2.24. The van der Waals surface area contributed by atoms with Crippen LogP contribution < -0.4 is 5.32 Å². The van der Waals surface area contributed by atoms with Crippen LogP contribution in [-0.4, -0.2) is 16.0 Å². The summed E-state index contributed by atoms with van der Waals surface area (Å²) < 4.78 is 0. The highest BCUT2D eigenvalue weighted by molar-refractivity contribution is 5.82. The number of carbonyl (C=O) groups is 1. The molecule has 116 valence electrons. The molecule has 4 heteroatoms. The molecule has 4 nitrogen and oxygen atoms in total. The van der Waals surface area contributed by atoms with Gasteiger partial charge in [0.1, 0.15) is 0 Å². The number of pyridine rings is 1. The maximum absolute atomic E-state index is 12.4. The average Bonchev–Trinajstić information content (AvgIpc) is 2.53. The lowest BCUT2D eigenvalue weighted by molar-refractivity contribution is -0.130. The van der Waals surface area contributed by atoms with Gasteiger partial charge in [0.25, 0.3) is 5.91 Å². The lowest BCUT2D eigenvalue weighted by Crippen LogP contribution is -2.36. The zero-order valence-electron chi connectivity index (χ0n) is 13.2. The van der Waals surface area contributed by atoms with Crippen molar-refractivity contribution < 1.29 is 9.90 Å². The number of carbonyl (C=O) groups excluding carboxylic acids is 1. The van der Waals surface area contributed by atoms with Crippen molar-refractivity contribution in [3.05, 3.63) is 65.5 Å². The number of aliphatic hydroxyl groups excluding tert-OH is 1. The molecule has 22 heavy (non-hydrogen) atoms. The van der Waals surface area contributed by atoms with Crippen LogP contribution in [0.15, 0.2) is 48.7 Å². The van der Waals surface area contributed by atoms with Gasteiger partial charge in [0.15, 0.2) is 6.10 Å². The molecule has 1 aromatic carbocycles. The monoisotopic (exact) mass is 298 g/mol. The van der Waals surface area contributed by atoms with Crippen molar-refractivity contribution in [2.75, 3.05) is 0 Å². The van der Waals surface area contributed by atoms with Crippen molar-refractivity contribution in [3.63, 3.8) is 0 Å². The number of aliphatic hydroxyl groups is 1. The summed E-state index contributed by atoms with van der Waals surface area (Å²) in [4.78, 5) is 16.7. The Morgan fingerprint density at radius 1 is 1.14 bits per heavy atom. The Kier molecular flexibility index (Phi) is 5.28. The Hall–Kier alpha value is -2.20. The van der Waals surface area contributed by atoms with Crippen molar-refractivity contribution >= 4 is 5.91 Å². The number of nitrogens with zero attached hydrogens (tertiary/aromatic N) is 1. The second kappa shape index (κ2) is 7.18. The van der Waals surface area contributed by atoms with E-state index < -0.39 is 12.0 Å². The van der Waals surface area contributed by atoms with Crippen LogP contribution in [0.3, 0.4) is 0 Å². The molecule has 0 saturated carbocycles. The molecule has 2 unspecified atom stereocenters. The van der Waals surface area contributed by atoms with Crippen molar-refractivity contribution in [2.24, 2.45) is 5.92 Å². The van der Waals surface area contributed by atoms with E-state index in [1.165, 1.54) is 0 Å². The van der Waals surface area contributed by atoms with E-state index in [1.54, 1.807) is 30.5 Å². The Labute approximate surface area is 131 Å². The highest BCUT2D eigenvalue weighted by atomic mass is 16.3. The van der Waals surface area contributed by atoms with E-state index in [2.05, 4.69) is 10.3 Å². The number of hydrogen-bond acceptors (Lipinski definition) is 3. The molecule has 0 saturated heterocycles. The fourth-order valence-electron chi connectivity index (χ4n) is 2.39. The maximum atomic E-state index is 12.4. The highest BCUT2D eigenvalue weighted by Crippen LogP contribution is 2.24. The summed E-state index contributed by atoms with van der Waals surface area (Å²) in [6.45, 7) is 6.01. The van der Waals surface area contributed by atoms with Gasteiger partial charge in [-0.05, 0) is 30.0 Å². The number of benzene rings is 1. The number of aromatic nitrogens is 1. The summed E-state index contributed by atoms with van der Waals surface area (Å²) in [5.74, 6) is -0.240. The summed E-state index contributed by atoms with van der Waals surface area (Å²) in [5.41, 5.74) is 2.45. The van der Waals surface area contributed by atoms with Crippen molar-refractivity contribution in [3.8, 4) is 0 Å². The van der Waals surface area contributed by atoms with Crippen LogP contribution in [0.5, 0.6) is 0 Å².